The van der Waals surface area contributed by atoms with Gasteiger partial charge in [-0.25, -0.2) is 9.97 Å². The Bertz CT molecular complexity index is 480. The molecule has 4 nitrogen and oxygen atoms in total. The first-order valence-corrected chi connectivity index (χ1v) is 5.41. The number of rotatable bonds is 3. The van der Waals surface area contributed by atoms with E-state index in [0.29, 0.717) is 5.15 Å². The van der Waals surface area contributed by atoms with Crippen LogP contribution in [-0.4, -0.2) is 14.5 Å². The van der Waals surface area contributed by atoms with E-state index in [0.717, 1.165) is 11.6 Å². The summed E-state index contributed by atoms with van der Waals surface area (Å²) in [5.74, 6) is 1.71. The van der Waals surface area contributed by atoms with E-state index in [1.165, 1.54) is 0 Å². The number of aryl methyl sites for hydroxylation is 1. The van der Waals surface area contributed by atoms with Crippen molar-refractivity contribution >= 4 is 17.4 Å². The number of nitrogens with one attached hydrogen (secondary N) is 1. The number of aromatic nitrogens is 3. The molecule has 0 aliphatic rings. The van der Waals surface area contributed by atoms with Crippen LogP contribution in [0.3, 0.4) is 0 Å². The summed E-state index contributed by atoms with van der Waals surface area (Å²) < 4.78 is 1.97. The molecule has 0 spiro atoms. The molecule has 0 saturated heterocycles. The minimum Gasteiger partial charge on any atom is -0.360 e. The average Bonchev–Trinajstić information content (AvgIpc) is 2.64. The zero-order chi connectivity index (χ0) is 11.5. The van der Waals surface area contributed by atoms with Crippen molar-refractivity contribution in [3.63, 3.8) is 0 Å². The zero-order valence-electron chi connectivity index (χ0n) is 9.18. The first kappa shape index (κ1) is 11.0. The van der Waals surface area contributed by atoms with Gasteiger partial charge in [0.1, 0.15) is 16.8 Å². The summed E-state index contributed by atoms with van der Waals surface area (Å²) in [4.78, 5) is 8.44. The summed E-state index contributed by atoms with van der Waals surface area (Å²) in [5.41, 5.74) is 0. The van der Waals surface area contributed by atoms with Crippen LogP contribution < -0.4 is 5.32 Å². The lowest BCUT2D eigenvalue weighted by Gasteiger charge is -2.14. The Labute approximate surface area is 99.3 Å². The Morgan fingerprint density at radius 1 is 1.44 bits per heavy atom. The molecule has 1 N–H and O–H groups in total. The molecule has 0 aliphatic carbocycles. The summed E-state index contributed by atoms with van der Waals surface area (Å²) in [6, 6.07) is 5.58. The lowest BCUT2D eigenvalue weighted by molar-refractivity contribution is 0.719. The van der Waals surface area contributed by atoms with E-state index in [1.807, 2.05) is 36.9 Å². The van der Waals surface area contributed by atoms with Gasteiger partial charge in [0.05, 0.1) is 6.04 Å². The smallest absolute Gasteiger partial charge is 0.131 e. The van der Waals surface area contributed by atoms with Gasteiger partial charge in [0.15, 0.2) is 0 Å². The number of pyridine rings is 1. The van der Waals surface area contributed by atoms with E-state index in [-0.39, 0.29) is 6.04 Å². The van der Waals surface area contributed by atoms with Gasteiger partial charge in [-0.2, -0.15) is 0 Å². The zero-order valence-corrected chi connectivity index (χ0v) is 9.94. The summed E-state index contributed by atoms with van der Waals surface area (Å²) in [6.45, 7) is 2.03. The molecular formula is C11H13ClN4. The molecule has 0 saturated carbocycles. The van der Waals surface area contributed by atoms with Crippen molar-refractivity contribution < 1.29 is 0 Å². The number of anilines is 1. The van der Waals surface area contributed by atoms with E-state index >= 15 is 0 Å². The second kappa shape index (κ2) is 4.53. The number of nitrogens with zero attached hydrogens (tertiary/aromatic N) is 3. The second-order valence-corrected chi connectivity index (χ2v) is 4.00. The molecule has 5 heteroatoms. The molecule has 1 unspecified atom stereocenters. The summed E-state index contributed by atoms with van der Waals surface area (Å²) >= 11 is 5.81. The third-order valence-electron chi connectivity index (χ3n) is 2.33. The number of imidazole rings is 1. The maximum Gasteiger partial charge on any atom is 0.131 e. The molecule has 84 valence electrons. The lowest BCUT2D eigenvalue weighted by Crippen LogP contribution is -2.12. The van der Waals surface area contributed by atoms with E-state index in [1.54, 1.807) is 12.3 Å². The molecule has 0 aliphatic heterocycles. The first-order chi connectivity index (χ1) is 7.66. The van der Waals surface area contributed by atoms with Crippen LogP contribution in [0, 0.1) is 0 Å². The van der Waals surface area contributed by atoms with E-state index in [2.05, 4.69) is 15.3 Å². The summed E-state index contributed by atoms with van der Waals surface area (Å²) in [6.07, 6.45) is 3.69. The minimum atomic E-state index is 0.0889. The maximum atomic E-state index is 5.81. The predicted molar refractivity (Wildman–Crippen MR) is 64.5 cm³/mol. The largest absolute Gasteiger partial charge is 0.360 e. The first-order valence-electron chi connectivity index (χ1n) is 5.03. The van der Waals surface area contributed by atoms with Crippen LogP contribution in [0.1, 0.15) is 18.8 Å². The van der Waals surface area contributed by atoms with Crippen LogP contribution >= 0.6 is 11.6 Å². The van der Waals surface area contributed by atoms with Crippen LogP contribution in [0.4, 0.5) is 5.82 Å². The highest BCUT2D eigenvalue weighted by molar-refractivity contribution is 6.29. The van der Waals surface area contributed by atoms with Gasteiger partial charge in [-0.15, -0.1) is 0 Å². The SMILES string of the molecule is CC(Nc1cccc(Cl)n1)c1nccn1C. The van der Waals surface area contributed by atoms with Gasteiger partial charge in [-0.1, -0.05) is 17.7 Å². The fourth-order valence-electron chi connectivity index (χ4n) is 1.57. The van der Waals surface area contributed by atoms with Gasteiger partial charge in [0.2, 0.25) is 0 Å². The molecular weight excluding hydrogens is 224 g/mol. The standard InChI is InChI=1S/C11H13ClN4/c1-8(11-13-6-7-16(11)2)14-10-5-3-4-9(12)15-10/h3-8H,1-2H3,(H,14,15). The normalized spacial score (nSPS) is 12.4. The quantitative estimate of drug-likeness (QED) is 0.834. The van der Waals surface area contributed by atoms with Crippen molar-refractivity contribution in [2.75, 3.05) is 5.32 Å². The number of hydrogen-bond donors (Lipinski definition) is 1. The molecule has 0 bridgehead atoms. The Kier molecular flexibility index (Phi) is 3.10. The van der Waals surface area contributed by atoms with Gasteiger partial charge in [-0.05, 0) is 19.1 Å². The Morgan fingerprint density at radius 3 is 2.88 bits per heavy atom. The van der Waals surface area contributed by atoms with Gasteiger partial charge in [-0.3, -0.25) is 0 Å². The topological polar surface area (TPSA) is 42.7 Å². The highest BCUT2D eigenvalue weighted by atomic mass is 35.5. The summed E-state index contributed by atoms with van der Waals surface area (Å²) in [5, 5.41) is 3.73. The average molecular weight is 237 g/mol. The van der Waals surface area contributed by atoms with Crippen LogP contribution in [0.25, 0.3) is 0 Å². The van der Waals surface area contributed by atoms with Crippen molar-refractivity contribution in [3.05, 3.63) is 41.6 Å². The second-order valence-electron chi connectivity index (χ2n) is 3.61. The molecule has 1 atom stereocenters. The Hall–Kier alpha value is -1.55. The molecule has 2 heterocycles. The van der Waals surface area contributed by atoms with Crippen LogP contribution in [0.5, 0.6) is 0 Å². The number of hydrogen-bond acceptors (Lipinski definition) is 3. The van der Waals surface area contributed by atoms with Crippen molar-refractivity contribution in [3.8, 4) is 0 Å². The molecule has 2 aromatic heterocycles. The molecule has 0 radical (unpaired) electrons. The predicted octanol–water partition coefficient (Wildman–Crippen LogP) is 2.64. The maximum absolute atomic E-state index is 5.81. The Morgan fingerprint density at radius 2 is 2.25 bits per heavy atom. The van der Waals surface area contributed by atoms with Crippen molar-refractivity contribution in [1.82, 2.24) is 14.5 Å². The van der Waals surface area contributed by atoms with Crippen LogP contribution in [-0.2, 0) is 7.05 Å². The van der Waals surface area contributed by atoms with Crippen molar-refractivity contribution in [2.45, 2.75) is 13.0 Å². The van der Waals surface area contributed by atoms with E-state index in [9.17, 15) is 0 Å². The van der Waals surface area contributed by atoms with E-state index in [4.69, 9.17) is 11.6 Å². The number of halogens is 1. The fraction of sp³-hybridized carbons (Fsp3) is 0.273. The van der Waals surface area contributed by atoms with Crippen LogP contribution in [0.15, 0.2) is 30.6 Å². The molecule has 16 heavy (non-hydrogen) atoms. The summed E-state index contributed by atoms with van der Waals surface area (Å²) in [7, 11) is 1.96. The highest BCUT2D eigenvalue weighted by Gasteiger charge is 2.10. The third kappa shape index (κ3) is 2.33. The third-order valence-corrected chi connectivity index (χ3v) is 2.54. The van der Waals surface area contributed by atoms with Crippen molar-refractivity contribution in [2.24, 2.45) is 7.05 Å². The minimum absolute atomic E-state index is 0.0889. The van der Waals surface area contributed by atoms with Crippen molar-refractivity contribution in [1.29, 1.82) is 0 Å². The van der Waals surface area contributed by atoms with Crippen LogP contribution in [0.2, 0.25) is 5.15 Å². The van der Waals surface area contributed by atoms with Gasteiger partial charge < -0.3 is 9.88 Å². The lowest BCUT2D eigenvalue weighted by atomic mass is 10.3. The molecule has 2 rings (SSSR count). The van der Waals surface area contributed by atoms with Gasteiger partial charge >= 0.3 is 0 Å². The molecule has 2 aromatic rings. The van der Waals surface area contributed by atoms with Gasteiger partial charge in [0.25, 0.3) is 0 Å². The van der Waals surface area contributed by atoms with Gasteiger partial charge in [0, 0.05) is 19.4 Å². The van der Waals surface area contributed by atoms with E-state index < -0.39 is 0 Å². The fourth-order valence-corrected chi connectivity index (χ4v) is 1.73. The molecule has 0 aromatic carbocycles. The molecule has 0 fully saturated rings. The Balaban J connectivity index is 2.14. The monoisotopic (exact) mass is 236 g/mol. The highest BCUT2D eigenvalue weighted by Crippen LogP contribution is 2.17. The molecule has 0 amide bonds.